The molecule has 0 heterocycles. The second-order valence-electron chi connectivity index (χ2n) is 3.52. The number of alkyl halides is 2. The van der Waals surface area contributed by atoms with Crippen LogP contribution in [0.3, 0.4) is 0 Å². The minimum atomic E-state index is -2.79. The number of hydrogen-bond donors (Lipinski definition) is 1. The zero-order valence-corrected chi connectivity index (χ0v) is 8.02. The van der Waals surface area contributed by atoms with E-state index in [1.807, 2.05) is 0 Å². The molecule has 0 aliphatic heterocycles. The van der Waals surface area contributed by atoms with Crippen LogP contribution in [0, 0.1) is 12.7 Å². The fraction of sp³-hybridized carbons (Fsp3) is 0.400. The summed E-state index contributed by atoms with van der Waals surface area (Å²) in [6.45, 7) is 2.63. The highest BCUT2D eigenvalue weighted by molar-refractivity contribution is 5.30. The molecule has 0 saturated heterocycles. The third-order valence-electron chi connectivity index (χ3n) is 2.23. The molecule has 0 aliphatic carbocycles. The standard InChI is InChI=1S/C10H12F3N/c1-6-4-3-5-7(8(6)11)10(2,14)9(12)13/h3-5,9H,14H2,1-2H3. The van der Waals surface area contributed by atoms with E-state index in [1.165, 1.54) is 25.1 Å². The summed E-state index contributed by atoms with van der Waals surface area (Å²) in [5.41, 5.74) is 3.60. The van der Waals surface area contributed by atoms with Gasteiger partial charge in [-0.05, 0) is 19.4 Å². The number of aryl methyl sites for hydroxylation is 1. The van der Waals surface area contributed by atoms with Crippen molar-refractivity contribution in [2.24, 2.45) is 5.73 Å². The molecule has 0 bridgehead atoms. The van der Waals surface area contributed by atoms with Gasteiger partial charge in [0.2, 0.25) is 0 Å². The smallest absolute Gasteiger partial charge is 0.260 e. The molecule has 0 radical (unpaired) electrons. The Labute approximate surface area is 80.7 Å². The topological polar surface area (TPSA) is 26.0 Å². The summed E-state index contributed by atoms with van der Waals surface area (Å²) in [5.74, 6) is -0.655. The van der Waals surface area contributed by atoms with Gasteiger partial charge in [-0.15, -0.1) is 0 Å². The number of nitrogens with two attached hydrogens (primary N) is 1. The van der Waals surface area contributed by atoms with Gasteiger partial charge in [0.1, 0.15) is 11.4 Å². The van der Waals surface area contributed by atoms with Crippen LogP contribution in [-0.2, 0) is 5.54 Å². The number of hydrogen-bond acceptors (Lipinski definition) is 1. The summed E-state index contributed by atoms with van der Waals surface area (Å²) < 4.78 is 38.5. The number of benzene rings is 1. The lowest BCUT2D eigenvalue weighted by Crippen LogP contribution is -2.41. The van der Waals surface area contributed by atoms with Crippen LogP contribution < -0.4 is 5.73 Å². The molecule has 0 saturated carbocycles. The largest absolute Gasteiger partial charge is 0.317 e. The van der Waals surface area contributed by atoms with Gasteiger partial charge in [-0.2, -0.15) is 0 Å². The molecule has 0 amide bonds. The van der Waals surface area contributed by atoms with Crippen molar-refractivity contribution in [3.05, 3.63) is 35.1 Å². The monoisotopic (exact) mass is 203 g/mol. The second kappa shape index (κ2) is 3.61. The molecule has 1 nitrogen and oxygen atoms in total. The zero-order chi connectivity index (χ0) is 10.9. The van der Waals surface area contributed by atoms with Crippen molar-refractivity contribution in [2.45, 2.75) is 25.8 Å². The maximum Gasteiger partial charge on any atom is 0.260 e. The van der Waals surface area contributed by atoms with Gasteiger partial charge in [-0.3, -0.25) is 0 Å². The van der Waals surface area contributed by atoms with Crippen molar-refractivity contribution in [3.63, 3.8) is 0 Å². The van der Waals surface area contributed by atoms with Crippen molar-refractivity contribution in [2.75, 3.05) is 0 Å². The summed E-state index contributed by atoms with van der Waals surface area (Å²) in [4.78, 5) is 0. The van der Waals surface area contributed by atoms with Crippen LogP contribution in [0.15, 0.2) is 18.2 Å². The molecule has 4 heteroatoms. The molecule has 0 aliphatic rings. The molecule has 1 aromatic rings. The third kappa shape index (κ3) is 1.75. The first-order chi connectivity index (χ1) is 6.37. The molecule has 0 spiro atoms. The van der Waals surface area contributed by atoms with Gasteiger partial charge in [0.05, 0.1) is 0 Å². The highest BCUT2D eigenvalue weighted by atomic mass is 19.3. The van der Waals surface area contributed by atoms with Crippen LogP contribution in [0.1, 0.15) is 18.1 Å². The Morgan fingerprint density at radius 2 is 1.93 bits per heavy atom. The third-order valence-corrected chi connectivity index (χ3v) is 2.23. The summed E-state index contributed by atoms with van der Waals surface area (Å²) in [5, 5.41) is 0. The Kier molecular flexibility index (Phi) is 2.85. The first-order valence-electron chi connectivity index (χ1n) is 4.20. The molecule has 1 rings (SSSR count). The summed E-state index contributed by atoms with van der Waals surface area (Å²) in [6, 6.07) is 4.32. The lowest BCUT2D eigenvalue weighted by atomic mass is 9.92. The van der Waals surface area contributed by atoms with Crippen LogP contribution in [0.2, 0.25) is 0 Å². The van der Waals surface area contributed by atoms with Gasteiger partial charge >= 0.3 is 0 Å². The van der Waals surface area contributed by atoms with Crippen molar-refractivity contribution in [1.82, 2.24) is 0 Å². The van der Waals surface area contributed by atoms with Crippen LogP contribution in [0.4, 0.5) is 13.2 Å². The van der Waals surface area contributed by atoms with E-state index in [4.69, 9.17) is 5.73 Å². The van der Waals surface area contributed by atoms with Crippen LogP contribution >= 0.6 is 0 Å². The van der Waals surface area contributed by atoms with Gasteiger partial charge in [-0.1, -0.05) is 18.2 Å². The van der Waals surface area contributed by atoms with Crippen LogP contribution in [0.25, 0.3) is 0 Å². The predicted octanol–water partition coefficient (Wildman–Crippen LogP) is 2.57. The van der Waals surface area contributed by atoms with E-state index in [1.54, 1.807) is 0 Å². The minimum absolute atomic E-state index is 0.146. The van der Waals surface area contributed by atoms with Gasteiger partial charge in [-0.25, -0.2) is 13.2 Å². The summed E-state index contributed by atoms with van der Waals surface area (Å²) >= 11 is 0. The number of halogens is 3. The van der Waals surface area contributed by atoms with E-state index in [0.717, 1.165) is 6.92 Å². The highest BCUT2D eigenvalue weighted by Gasteiger charge is 2.34. The average molecular weight is 203 g/mol. The lowest BCUT2D eigenvalue weighted by molar-refractivity contribution is 0.0604. The van der Waals surface area contributed by atoms with Gasteiger partial charge in [0.15, 0.2) is 0 Å². The molecule has 2 N–H and O–H groups in total. The van der Waals surface area contributed by atoms with Crippen LogP contribution in [0.5, 0.6) is 0 Å². The molecule has 1 atom stereocenters. The van der Waals surface area contributed by atoms with E-state index in [0.29, 0.717) is 5.56 Å². The Bertz CT molecular complexity index is 334. The first kappa shape index (κ1) is 11.0. The van der Waals surface area contributed by atoms with Crippen molar-refractivity contribution in [1.29, 1.82) is 0 Å². The minimum Gasteiger partial charge on any atom is -0.317 e. The molecule has 0 aromatic heterocycles. The maximum atomic E-state index is 13.4. The number of rotatable bonds is 2. The Hall–Kier alpha value is -1.03. The van der Waals surface area contributed by atoms with E-state index in [9.17, 15) is 13.2 Å². The van der Waals surface area contributed by atoms with Crippen molar-refractivity contribution >= 4 is 0 Å². The van der Waals surface area contributed by atoms with Gasteiger partial charge in [0, 0.05) is 5.56 Å². The summed E-state index contributed by atoms with van der Waals surface area (Å²) in [6.07, 6.45) is -2.79. The van der Waals surface area contributed by atoms with Crippen molar-refractivity contribution < 1.29 is 13.2 Å². The SMILES string of the molecule is Cc1cccc(C(C)(N)C(F)F)c1F. The van der Waals surface area contributed by atoms with E-state index < -0.39 is 17.8 Å². The first-order valence-corrected chi connectivity index (χ1v) is 4.20. The Morgan fingerprint density at radius 3 is 2.43 bits per heavy atom. The lowest BCUT2D eigenvalue weighted by Gasteiger charge is -2.25. The van der Waals surface area contributed by atoms with Crippen molar-refractivity contribution in [3.8, 4) is 0 Å². The molecular formula is C10H12F3N. The molecule has 0 fully saturated rings. The van der Waals surface area contributed by atoms with E-state index in [-0.39, 0.29) is 5.56 Å². The maximum absolute atomic E-state index is 13.4. The van der Waals surface area contributed by atoms with Crippen LogP contribution in [-0.4, -0.2) is 6.43 Å². The van der Waals surface area contributed by atoms with Gasteiger partial charge in [0.25, 0.3) is 6.43 Å². The average Bonchev–Trinajstić information content (AvgIpc) is 2.09. The molecule has 14 heavy (non-hydrogen) atoms. The molecule has 1 unspecified atom stereocenters. The van der Waals surface area contributed by atoms with E-state index >= 15 is 0 Å². The fourth-order valence-corrected chi connectivity index (χ4v) is 1.18. The molecule has 78 valence electrons. The second-order valence-corrected chi connectivity index (χ2v) is 3.52. The normalized spacial score (nSPS) is 15.6. The fourth-order valence-electron chi connectivity index (χ4n) is 1.18. The molecular weight excluding hydrogens is 191 g/mol. The Morgan fingerprint density at radius 1 is 1.36 bits per heavy atom. The predicted molar refractivity (Wildman–Crippen MR) is 48.7 cm³/mol. The Balaban J connectivity index is 3.26. The molecule has 1 aromatic carbocycles. The quantitative estimate of drug-likeness (QED) is 0.785. The summed E-state index contributed by atoms with van der Waals surface area (Å²) in [7, 11) is 0. The van der Waals surface area contributed by atoms with Gasteiger partial charge < -0.3 is 5.73 Å². The highest BCUT2D eigenvalue weighted by Crippen LogP contribution is 2.28. The van der Waals surface area contributed by atoms with E-state index in [2.05, 4.69) is 0 Å². The zero-order valence-electron chi connectivity index (χ0n) is 8.02.